The van der Waals surface area contributed by atoms with Crippen LogP contribution in [0.3, 0.4) is 0 Å². The van der Waals surface area contributed by atoms with E-state index >= 15 is 0 Å². The van der Waals surface area contributed by atoms with Crippen molar-refractivity contribution < 1.29 is 9.47 Å². The van der Waals surface area contributed by atoms with E-state index in [1.165, 1.54) is 11.1 Å². The average molecular weight is 235 g/mol. The van der Waals surface area contributed by atoms with E-state index in [-0.39, 0.29) is 0 Å². The van der Waals surface area contributed by atoms with Gasteiger partial charge in [0, 0.05) is 19.5 Å². The number of nitrogens with one attached hydrogen (secondary N) is 1. The maximum atomic E-state index is 5.48. The van der Waals surface area contributed by atoms with Gasteiger partial charge in [-0.05, 0) is 31.0 Å². The van der Waals surface area contributed by atoms with Gasteiger partial charge in [-0.1, -0.05) is 12.1 Å². The van der Waals surface area contributed by atoms with Crippen molar-refractivity contribution in [2.75, 3.05) is 19.8 Å². The van der Waals surface area contributed by atoms with Gasteiger partial charge in [-0.15, -0.1) is 0 Å². The van der Waals surface area contributed by atoms with Crippen LogP contribution in [0.25, 0.3) is 0 Å². The second kappa shape index (κ2) is 6.03. The van der Waals surface area contributed by atoms with Gasteiger partial charge >= 0.3 is 0 Å². The molecule has 0 fully saturated rings. The number of hydrogen-bond donors (Lipinski definition) is 1. The van der Waals surface area contributed by atoms with Gasteiger partial charge in [-0.3, -0.25) is 0 Å². The van der Waals surface area contributed by atoms with Gasteiger partial charge in [-0.2, -0.15) is 0 Å². The van der Waals surface area contributed by atoms with Gasteiger partial charge in [0.05, 0.1) is 19.3 Å². The minimum Gasteiger partial charge on any atom is -0.493 e. The summed E-state index contributed by atoms with van der Waals surface area (Å²) in [5.41, 5.74) is 2.65. The molecule has 1 N–H and O–H groups in total. The van der Waals surface area contributed by atoms with Crippen LogP contribution in [-0.4, -0.2) is 25.9 Å². The van der Waals surface area contributed by atoms with E-state index in [0.29, 0.717) is 6.10 Å². The number of benzene rings is 1. The van der Waals surface area contributed by atoms with Crippen molar-refractivity contribution in [2.24, 2.45) is 0 Å². The van der Waals surface area contributed by atoms with E-state index in [2.05, 4.69) is 37.4 Å². The highest BCUT2D eigenvalue weighted by Crippen LogP contribution is 2.25. The average Bonchev–Trinajstić information content (AvgIpc) is 2.75. The molecule has 1 heterocycles. The molecule has 0 radical (unpaired) electrons. The summed E-state index contributed by atoms with van der Waals surface area (Å²) < 4.78 is 11.0. The van der Waals surface area contributed by atoms with Crippen LogP contribution < -0.4 is 10.1 Å². The van der Waals surface area contributed by atoms with Crippen molar-refractivity contribution in [2.45, 2.75) is 32.9 Å². The summed E-state index contributed by atoms with van der Waals surface area (Å²) in [5, 5.41) is 3.38. The van der Waals surface area contributed by atoms with Gasteiger partial charge in [0.2, 0.25) is 0 Å². The van der Waals surface area contributed by atoms with Crippen LogP contribution in [0.1, 0.15) is 25.0 Å². The molecule has 0 aliphatic carbocycles. The molecule has 1 aliphatic rings. The summed E-state index contributed by atoms with van der Waals surface area (Å²) in [7, 11) is 0. The van der Waals surface area contributed by atoms with Crippen LogP contribution in [0.5, 0.6) is 5.75 Å². The molecule has 3 heteroatoms. The lowest BCUT2D eigenvalue weighted by atomic mass is 10.1. The molecule has 0 bridgehead atoms. The fourth-order valence-electron chi connectivity index (χ4n) is 1.95. The highest BCUT2D eigenvalue weighted by atomic mass is 16.5. The summed E-state index contributed by atoms with van der Waals surface area (Å²) in [4.78, 5) is 0. The lowest BCUT2D eigenvalue weighted by Crippen LogP contribution is -2.20. The zero-order chi connectivity index (χ0) is 12.1. The van der Waals surface area contributed by atoms with Crippen molar-refractivity contribution in [3.05, 3.63) is 29.3 Å². The van der Waals surface area contributed by atoms with Crippen LogP contribution >= 0.6 is 0 Å². The molecule has 0 saturated heterocycles. The molecule has 17 heavy (non-hydrogen) atoms. The third-order valence-electron chi connectivity index (χ3n) is 2.81. The minimum atomic E-state index is 0.314. The molecule has 1 aromatic carbocycles. The van der Waals surface area contributed by atoms with E-state index in [1.807, 2.05) is 0 Å². The number of rotatable bonds is 6. The molecule has 0 spiro atoms. The quantitative estimate of drug-likeness (QED) is 0.766. The van der Waals surface area contributed by atoms with Gasteiger partial charge in [0.1, 0.15) is 5.75 Å². The fourth-order valence-corrected chi connectivity index (χ4v) is 1.95. The molecule has 0 atom stereocenters. The Morgan fingerprint density at radius 3 is 3.12 bits per heavy atom. The Kier molecular flexibility index (Phi) is 4.40. The summed E-state index contributed by atoms with van der Waals surface area (Å²) in [6.07, 6.45) is 1.36. The van der Waals surface area contributed by atoms with Crippen LogP contribution in [0.15, 0.2) is 18.2 Å². The Balaban J connectivity index is 1.72. The third-order valence-corrected chi connectivity index (χ3v) is 2.81. The monoisotopic (exact) mass is 235 g/mol. The van der Waals surface area contributed by atoms with E-state index in [9.17, 15) is 0 Å². The normalized spacial score (nSPS) is 13.8. The van der Waals surface area contributed by atoms with Gasteiger partial charge in [-0.25, -0.2) is 0 Å². The minimum absolute atomic E-state index is 0.314. The summed E-state index contributed by atoms with van der Waals surface area (Å²) in [5.74, 6) is 1.05. The molecule has 1 aliphatic heterocycles. The van der Waals surface area contributed by atoms with E-state index in [1.54, 1.807) is 0 Å². The lowest BCUT2D eigenvalue weighted by Gasteiger charge is -2.09. The lowest BCUT2D eigenvalue weighted by molar-refractivity contribution is 0.0807. The Bertz CT molecular complexity index is 363. The second-order valence-electron chi connectivity index (χ2n) is 4.64. The third kappa shape index (κ3) is 3.72. The molecular weight excluding hydrogens is 214 g/mol. The molecule has 0 aromatic heterocycles. The van der Waals surface area contributed by atoms with Gasteiger partial charge in [0.15, 0.2) is 0 Å². The molecule has 0 unspecified atom stereocenters. The summed E-state index contributed by atoms with van der Waals surface area (Å²) in [6.45, 7) is 7.50. The Morgan fingerprint density at radius 2 is 2.29 bits per heavy atom. The first-order valence-corrected chi connectivity index (χ1v) is 6.32. The predicted octanol–water partition coefficient (Wildman–Crippen LogP) is 2.14. The number of fused-ring (bicyclic) bond motifs is 1. The predicted molar refractivity (Wildman–Crippen MR) is 68.4 cm³/mol. The van der Waals surface area contributed by atoms with E-state index < -0.39 is 0 Å². The van der Waals surface area contributed by atoms with Crippen LogP contribution in [-0.2, 0) is 17.7 Å². The highest BCUT2D eigenvalue weighted by Gasteiger charge is 2.11. The summed E-state index contributed by atoms with van der Waals surface area (Å²) >= 11 is 0. The molecule has 3 nitrogen and oxygen atoms in total. The van der Waals surface area contributed by atoms with Crippen LogP contribution in [0.2, 0.25) is 0 Å². The largest absolute Gasteiger partial charge is 0.493 e. The molecule has 2 rings (SSSR count). The number of ether oxygens (including phenoxy) is 2. The first-order chi connectivity index (χ1) is 8.25. The van der Waals surface area contributed by atoms with Crippen LogP contribution in [0, 0.1) is 0 Å². The fraction of sp³-hybridized carbons (Fsp3) is 0.571. The van der Waals surface area contributed by atoms with Crippen molar-refractivity contribution in [3.8, 4) is 5.75 Å². The van der Waals surface area contributed by atoms with E-state index in [0.717, 1.165) is 38.5 Å². The maximum Gasteiger partial charge on any atom is 0.122 e. The van der Waals surface area contributed by atoms with Crippen molar-refractivity contribution in [3.63, 3.8) is 0 Å². The SMILES string of the molecule is CC(C)OCCNCc1ccc2c(c1)CCO2. The molecule has 1 aromatic rings. The molecule has 0 saturated carbocycles. The Labute approximate surface area is 103 Å². The summed E-state index contributed by atoms with van der Waals surface area (Å²) in [6, 6.07) is 6.43. The van der Waals surface area contributed by atoms with Crippen molar-refractivity contribution >= 4 is 0 Å². The van der Waals surface area contributed by atoms with Crippen molar-refractivity contribution in [1.29, 1.82) is 0 Å². The maximum absolute atomic E-state index is 5.48. The smallest absolute Gasteiger partial charge is 0.122 e. The number of hydrogen-bond acceptors (Lipinski definition) is 3. The standard InChI is InChI=1S/C14H21NO2/c1-11(2)16-8-6-15-10-12-3-4-14-13(9-12)5-7-17-14/h3-4,9,11,15H,5-8,10H2,1-2H3. The molecular formula is C14H21NO2. The van der Waals surface area contributed by atoms with Gasteiger partial charge in [0.25, 0.3) is 0 Å². The van der Waals surface area contributed by atoms with E-state index in [4.69, 9.17) is 9.47 Å². The second-order valence-corrected chi connectivity index (χ2v) is 4.64. The van der Waals surface area contributed by atoms with Crippen molar-refractivity contribution in [1.82, 2.24) is 5.32 Å². The molecule has 94 valence electrons. The van der Waals surface area contributed by atoms with Crippen LogP contribution in [0.4, 0.5) is 0 Å². The highest BCUT2D eigenvalue weighted by molar-refractivity contribution is 5.39. The molecule has 0 amide bonds. The Morgan fingerprint density at radius 1 is 1.41 bits per heavy atom. The van der Waals surface area contributed by atoms with Gasteiger partial charge < -0.3 is 14.8 Å². The first-order valence-electron chi connectivity index (χ1n) is 6.32. The zero-order valence-electron chi connectivity index (χ0n) is 10.7. The first kappa shape index (κ1) is 12.4. The zero-order valence-corrected chi connectivity index (χ0v) is 10.7. The Hall–Kier alpha value is -1.06. The topological polar surface area (TPSA) is 30.5 Å².